The molecule has 2 N–H and O–H groups in total. The first-order chi connectivity index (χ1) is 15.2. The number of hydrogen-bond donors (Lipinski definition) is 2. The highest BCUT2D eigenvalue weighted by Gasteiger charge is 2.13. The molecule has 0 aromatic heterocycles. The number of carbonyl (C=O) groups is 1. The van der Waals surface area contributed by atoms with E-state index in [-0.39, 0.29) is 6.61 Å². The van der Waals surface area contributed by atoms with Gasteiger partial charge in [0.15, 0.2) is 0 Å². The van der Waals surface area contributed by atoms with Crippen LogP contribution in [0.2, 0.25) is 0 Å². The SMILES string of the molecule is COC(=O)/C(=C\c1ccccc1)c1ccc(OCC(O)CNCc2ccccc2)cc1. The first kappa shape index (κ1) is 22.3. The quantitative estimate of drug-likeness (QED) is 0.297. The van der Waals surface area contributed by atoms with Crippen LogP contribution in [0.3, 0.4) is 0 Å². The molecule has 0 saturated heterocycles. The number of benzene rings is 3. The number of rotatable bonds is 10. The van der Waals surface area contributed by atoms with Crippen molar-refractivity contribution in [3.05, 3.63) is 102 Å². The molecule has 160 valence electrons. The van der Waals surface area contributed by atoms with Gasteiger partial charge in [-0.3, -0.25) is 0 Å². The average molecular weight is 418 g/mol. The number of methoxy groups -OCH3 is 1. The van der Waals surface area contributed by atoms with Crippen LogP contribution in [0.4, 0.5) is 0 Å². The molecule has 0 aliphatic rings. The molecule has 0 aliphatic heterocycles. The number of nitrogens with one attached hydrogen (secondary N) is 1. The van der Waals surface area contributed by atoms with Crippen LogP contribution in [-0.2, 0) is 16.1 Å². The highest BCUT2D eigenvalue weighted by Crippen LogP contribution is 2.22. The number of esters is 1. The first-order valence-electron chi connectivity index (χ1n) is 10.2. The minimum absolute atomic E-state index is 0.171. The van der Waals surface area contributed by atoms with Crippen LogP contribution in [0.5, 0.6) is 5.75 Å². The van der Waals surface area contributed by atoms with Crippen molar-refractivity contribution in [1.29, 1.82) is 0 Å². The molecule has 3 rings (SSSR count). The van der Waals surface area contributed by atoms with Gasteiger partial charge in [-0.25, -0.2) is 4.79 Å². The molecule has 1 unspecified atom stereocenters. The third kappa shape index (κ3) is 7.10. The van der Waals surface area contributed by atoms with Gasteiger partial charge < -0.3 is 19.9 Å². The van der Waals surface area contributed by atoms with Gasteiger partial charge in [0.25, 0.3) is 0 Å². The normalized spacial score (nSPS) is 12.3. The van der Waals surface area contributed by atoms with Crippen LogP contribution in [0.15, 0.2) is 84.9 Å². The Morgan fingerprint density at radius 3 is 2.26 bits per heavy atom. The Hall–Kier alpha value is -3.41. The summed E-state index contributed by atoms with van der Waals surface area (Å²) < 4.78 is 10.6. The molecule has 5 nitrogen and oxygen atoms in total. The van der Waals surface area contributed by atoms with Gasteiger partial charge in [0.05, 0.1) is 12.7 Å². The highest BCUT2D eigenvalue weighted by molar-refractivity contribution is 6.21. The second-order valence-corrected chi connectivity index (χ2v) is 7.07. The van der Waals surface area contributed by atoms with E-state index < -0.39 is 12.1 Å². The van der Waals surface area contributed by atoms with Crippen LogP contribution in [0, 0.1) is 0 Å². The Labute approximate surface area is 183 Å². The van der Waals surface area contributed by atoms with E-state index in [1.54, 1.807) is 30.3 Å². The number of carbonyl (C=O) groups excluding carboxylic acids is 1. The summed E-state index contributed by atoms with van der Waals surface area (Å²) in [5.41, 5.74) is 3.27. The summed E-state index contributed by atoms with van der Waals surface area (Å²) in [7, 11) is 1.37. The predicted octanol–water partition coefficient (Wildman–Crippen LogP) is 3.93. The molecule has 0 fully saturated rings. The Balaban J connectivity index is 1.54. The third-order valence-electron chi connectivity index (χ3n) is 4.68. The number of aliphatic hydroxyl groups is 1. The molecule has 0 aliphatic carbocycles. The maximum Gasteiger partial charge on any atom is 0.338 e. The Morgan fingerprint density at radius 2 is 1.61 bits per heavy atom. The smallest absolute Gasteiger partial charge is 0.338 e. The van der Waals surface area contributed by atoms with Crippen LogP contribution < -0.4 is 10.1 Å². The van der Waals surface area contributed by atoms with E-state index in [9.17, 15) is 9.90 Å². The standard InChI is InChI=1S/C26H27NO4/c1-30-26(29)25(16-20-8-4-2-5-9-20)22-12-14-24(15-13-22)31-19-23(28)18-27-17-21-10-6-3-7-11-21/h2-16,23,27-28H,17-19H2,1H3/b25-16-. The van der Waals surface area contributed by atoms with Gasteiger partial charge >= 0.3 is 5.97 Å². The second kappa shape index (κ2) is 11.7. The fraction of sp³-hybridized carbons (Fsp3) is 0.192. The van der Waals surface area contributed by atoms with E-state index in [4.69, 9.17) is 9.47 Å². The third-order valence-corrected chi connectivity index (χ3v) is 4.68. The van der Waals surface area contributed by atoms with Crippen molar-refractivity contribution in [2.75, 3.05) is 20.3 Å². The van der Waals surface area contributed by atoms with Crippen molar-refractivity contribution in [3.63, 3.8) is 0 Å². The summed E-state index contributed by atoms with van der Waals surface area (Å²) in [4.78, 5) is 12.3. The van der Waals surface area contributed by atoms with Gasteiger partial charge in [-0.2, -0.15) is 0 Å². The average Bonchev–Trinajstić information content (AvgIpc) is 2.82. The van der Waals surface area contributed by atoms with Gasteiger partial charge in [0, 0.05) is 13.1 Å². The molecule has 0 bridgehead atoms. The van der Waals surface area contributed by atoms with E-state index in [1.165, 1.54) is 7.11 Å². The zero-order valence-corrected chi connectivity index (χ0v) is 17.5. The monoisotopic (exact) mass is 417 g/mol. The van der Waals surface area contributed by atoms with Crippen molar-refractivity contribution in [1.82, 2.24) is 5.32 Å². The lowest BCUT2D eigenvalue weighted by Gasteiger charge is -2.14. The predicted molar refractivity (Wildman–Crippen MR) is 122 cm³/mol. The molecule has 3 aromatic carbocycles. The second-order valence-electron chi connectivity index (χ2n) is 7.07. The van der Waals surface area contributed by atoms with Crippen molar-refractivity contribution < 1.29 is 19.4 Å². The Bertz CT molecular complexity index is 969. The van der Waals surface area contributed by atoms with E-state index >= 15 is 0 Å². The number of aliphatic hydroxyl groups excluding tert-OH is 1. The zero-order chi connectivity index (χ0) is 21.9. The topological polar surface area (TPSA) is 67.8 Å². The van der Waals surface area contributed by atoms with Gasteiger partial charge in [0.1, 0.15) is 18.5 Å². The fourth-order valence-electron chi connectivity index (χ4n) is 3.05. The molecule has 0 radical (unpaired) electrons. The van der Waals surface area contributed by atoms with Gasteiger partial charge in [-0.1, -0.05) is 72.8 Å². The van der Waals surface area contributed by atoms with Crippen molar-refractivity contribution in [2.24, 2.45) is 0 Å². The van der Waals surface area contributed by atoms with Crippen molar-refractivity contribution in [3.8, 4) is 5.75 Å². The number of ether oxygens (including phenoxy) is 2. The fourth-order valence-corrected chi connectivity index (χ4v) is 3.05. The Kier molecular flexibility index (Phi) is 8.40. The minimum Gasteiger partial charge on any atom is -0.491 e. The van der Waals surface area contributed by atoms with E-state index in [0.717, 1.165) is 16.7 Å². The maximum absolute atomic E-state index is 12.3. The summed E-state index contributed by atoms with van der Waals surface area (Å²) in [5.74, 6) is 0.215. The zero-order valence-electron chi connectivity index (χ0n) is 17.5. The van der Waals surface area contributed by atoms with Gasteiger partial charge in [0.2, 0.25) is 0 Å². The van der Waals surface area contributed by atoms with Gasteiger partial charge in [-0.05, 0) is 34.9 Å². The molecule has 0 amide bonds. The molecule has 0 spiro atoms. The Morgan fingerprint density at radius 1 is 0.968 bits per heavy atom. The summed E-state index contributed by atoms with van der Waals surface area (Å²) in [6.07, 6.45) is 1.16. The summed E-state index contributed by atoms with van der Waals surface area (Å²) >= 11 is 0. The molecule has 0 heterocycles. The van der Waals surface area contributed by atoms with E-state index in [1.807, 2.05) is 60.7 Å². The molecular weight excluding hydrogens is 390 g/mol. The lowest BCUT2D eigenvalue weighted by Crippen LogP contribution is -2.31. The van der Waals surface area contributed by atoms with Crippen LogP contribution in [0.25, 0.3) is 11.6 Å². The molecule has 31 heavy (non-hydrogen) atoms. The minimum atomic E-state index is -0.632. The largest absolute Gasteiger partial charge is 0.491 e. The first-order valence-corrected chi connectivity index (χ1v) is 10.2. The molecule has 0 saturated carbocycles. The summed E-state index contributed by atoms with van der Waals surface area (Å²) in [5, 5.41) is 13.4. The summed E-state index contributed by atoms with van der Waals surface area (Å²) in [6, 6.07) is 26.8. The van der Waals surface area contributed by atoms with E-state index in [2.05, 4.69) is 5.32 Å². The lowest BCUT2D eigenvalue weighted by atomic mass is 10.0. The van der Waals surface area contributed by atoms with Crippen molar-refractivity contribution >= 4 is 17.6 Å². The lowest BCUT2D eigenvalue weighted by molar-refractivity contribution is -0.133. The number of hydrogen-bond acceptors (Lipinski definition) is 5. The van der Waals surface area contributed by atoms with E-state index in [0.29, 0.717) is 24.4 Å². The van der Waals surface area contributed by atoms with Crippen LogP contribution >= 0.6 is 0 Å². The molecule has 5 heteroatoms. The van der Waals surface area contributed by atoms with Crippen LogP contribution in [0.1, 0.15) is 16.7 Å². The molecule has 3 aromatic rings. The van der Waals surface area contributed by atoms with Gasteiger partial charge in [-0.15, -0.1) is 0 Å². The molecule has 1 atom stereocenters. The highest BCUT2D eigenvalue weighted by atomic mass is 16.5. The molecular formula is C26H27NO4. The van der Waals surface area contributed by atoms with Crippen molar-refractivity contribution in [2.45, 2.75) is 12.6 Å². The maximum atomic E-state index is 12.3. The van der Waals surface area contributed by atoms with Crippen LogP contribution in [-0.4, -0.2) is 37.4 Å². The summed E-state index contributed by atoms with van der Waals surface area (Å²) in [6.45, 7) is 1.29.